The first-order valence-electron chi connectivity index (χ1n) is 9.67. The van der Waals surface area contributed by atoms with Gasteiger partial charge in [0.1, 0.15) is 0 Å². The zero-order valence-electron chi connectivity index (χ0n) is 16.8. The summed E-state index contributed by atoms with van der Waals surface area (Å²) in [4.78, 5) is 13.2. The van der Waals surface area contributed by atoms with Gasteiger partial charge in [-0.1, -0.05) is 60.7 Å². The SMILES string of the molecule is CC1(C)CC(NC(=Cc2ccccc2)C(=O)c2ccccc2)CC(C)(C)N1. The van der Waals surface area contributed by atoms with E-state index in [1.807, 2.05) is 66.7 Å². The molecule has 3 heteroatoms. The Morgan fingerprint density at radius 1 is 0.926 bits per heavy atom. The lowest BCUT2D eigenvalue weighted by Gasteiger charge is -2.47. The van der Waals surface area contributed by atoms with Crippen molar-refractivity contribution in [3.63, 3.8) is 0 Å². The number of hydrogen-bond donors (Lipinski definition) is 2. The summed E-state index contributed by atoms with van der Waals surface area (Å²) in [6.07, 6.45) is 3.90. The number of benzene rings is 2. The number of Topliss-reactive ketones (excluding diaryl/α,β-unsaturated/α-hetero) is 1. The van der Waals surface area contributed by atoms with E-state index in [9.17, 15) is 4.79 Å². The van der Waals surface area contributed by atoms with Gasteiger partial charge in [-0.05, 0) is 52.2 Å². The number of hydrogen-bond acceptors (Lipinski definition) is 3. The second-order valence-corrected chi connectivity index (χ2v) is 8.81. The van der Waals surface area contributed by atoms with Crippen molar-refractivity contribution in [2.24, 2.45) is 0 Å². The molecule has 0 aliphatic carbocycles. The maximum atomic E-state index is 13.2. The average molecular weight is 363 g/mol. The zero-order chi connectivity index (χ0) is 19.5. The summed E-state index contributed by atoms with van der Waals surface area (Å²) < 4.78 is 0. The molecule has 2 N–H and O–H groups in total. The summed E-state index contributed by atoms with van der Waals surface area (Å²) in [7, 11) is 0. The van der Waals surface area contributed by atoms with Crippen LogP contribution in [0.2, 0.25) is 0 Å². The zero-order valence-corrected chi connectivity index (χ0v) is 16.8. The molecule has 1 aliphatic heterocycles. The molecule has 142 valence electrons. The van der Waals surface area contributed by atoms with Crippen molar-refractivity contribution in [3.05, 3.63) is 77.5 Å². The summed E-state index contributed by atoms with van der Waals surface area (Å²) >= 11 is 0. The highest BCUT2D eigenvalue weighted by atomic mass is 16.1. The molecule has 0 atom stereocenters. The van der Waals surface area contributed by atoms with E-state index >= 15 is 0 Å². The summed E-state index contributed by atoms with van der Waals surface area (Å²) in [6, 6.07) is 19.8. The van der Waals surface area contributed by atoms with Gasteiger partial charge in [0.15, 0.2) is 0 Å². The molecule has 0 bridgehead atoms. The molecule has 0 unspecified atom stereocenters. The number of nitrogens with one attached hydrogen (secondary N) is 2. The first kappa shape index (κ1) is 19.4. The molecule has 3 nitrogen and oxygen atoms in total. The highest BCUT2D eigenvalue weighted by molar-refractivity contribution is 6.10. The second-order valence-electron chi connectivity index (χ2n) is 8.81. The molecule has 0 spiro atoms. The molecule has 1 fully saturated rings. The van der Waals surface area contributed by atoms with Crippen LogP contribution in [0.25, 0.3) is 6.08 Å². The summed E-state index contributed by atoms with van der Waals surface area (Å²) in [5, 5.41) is 7.29. The molecule has 3 rings (SSSR count). The fourth-order valence-corrected chi connectivity index (χ4v) is 4.28. The van der Waals surface area contributed by atoms with Gasteiger partial charge in [-0.2, -0.15) is 0 Å². The Bertz CT molecular complexity index is 791. The smallest absolute Gasteiger partial charge is 0.208 e. The molecule has 1 aliphatic rings. The maximum absolute atomic E-state index is 13.2. The van der Waals surface area contributed by atoms with Crippen LogP contribution in [0.3, 0.4) is 0 Å². The van der Waals surface area contributed by atoms with Crippen LogP contribution in [-0.4, -0.2) is 22.9 Å². The van der Waals surface area contributed by atoms with Crippen molar-refractivity contribution in [1.82, 2.24) is 10.6 Å². The summed E-state index contributed by atoms with van der Waals surface area (Å²) in [5.74, 6) is 0.0357. The fraction of sp³-hybridized carbons (Fsp3) is 0.375. The van der Waals surface area contributed by atoms with E-state index in [1.165, 1.54) is 0 Å². The van der Waals surface area contributed by atoms with E-state index in [0.29, 0.717) is 11.3 Å². The standard InChI is InChI=1S/C24H30N2O/c1-23(2)16-20(17-24(3,4)26-23)25-21(15-18-11-7-5-8-12-18)22(27)19-13-9-6-10-14-19/h5-15,20,25-26H,16-17H2,1-4H3. The lowest BCUT2D eigenvalue weighted by molar-refractivity contribution is 0.101. The topological polar surface area (TPSA) is 41.1 Å². The van der Waals surface area contributed by atoms with Crippen LogP contribution >= 0.6 is 0 Å². The number of allylic oxidation sites excluding steroid dienone is 1. The van der Waals surface area contributed by atoms with E-state index < -0.39 is 0 Å². The molecular weight excluding hydrogens is 332 g/mol. The van der Waals surface area contributed by atoms with Gasteiger partial charge in [-0.3, -0.25) is 4.79 Å². The van der Waals surface area contributed by atoms with Crippen LogP contribution in [-0.2, 0) is 0 Å². The predicted octanol–water partition coefficient (Wildman–Crippen LogP) is 4.81. The number of ketones is 1. The molecular formula is C24H30N2O. The van der Waals surface area contributed by atoms with Crippen LogP contribution in [0.4, 0.5) is 0 Å². The van der Waals surface area contributed by atoms with Crippen LogP contribution in [0.15, 0.2) is 66.4 Å². The molecule has 1 heterocycles. The summed E-state index contributed by atoms with van der Waals surface area (Å²) in [6.45, 7) is 8.90. The predicted molar refractivity (Wildman–Crippen MR) is 113 cm³/mol. The van der Waals surface area contributed by atoms with Gasteiger partial charge in [0.25, 0.3) is 0 Å². The normalized spacial score (nSPS) is 19.5. The van der Waals surface area contributed by atoms with Gasteiger partial charge >= 0.3 is 0 Å². The highest BCUT2D eigenvalue weighted by Gasteiger charge is 2.38. The Morgan fingerprint density at radius 2 is 1.44 bits per heavy atom. The third kappa shape index (κ3) is 5.30. The Labute approximate surface area is 162 Å². The molecule has 2 aromatic rings. The largest absolute Gasteiger partial charge is 0.379 e. The van der Waals surface area contributed by atoms with Crippen LogP contribution in [0.5, 0.6) is 0 Å². The number of rotatable bonds is 5. The Hall–Kier alpha value is -2.39. The quantitative estimate of drug-likeness (QED) is 0.592. The maximum Gasteiger partial charge on any atom is 0.208 e. The second kappa shape index (κ2) is 7.69. The Kier molecular flexibility index (Phi) is 5.52. The van der Waals surface area contributed by atoms with Gasteiger partial charge < -0.3 is 10.6 Å². The molecule has 1 saturated heterocycles. The third-order valence-electron chi connectivity index (χ3n) is 4.94. The van der Waals surface area contributed by atoms with E-state index in [0.717, 1.165) is 18.4 Å². The van der Waals surface area contributed by atoms with Crippen molar-refractivity contribution in [3.8, 4) is 0 Å². The summed E-state index contributed by atoms with van der Waals surface area (Å²) in [5.41, 5.74) is 2.43. The molecule has 0 radical (unpaired) electrons. The van der Waals surface area contributed by atoms with Gasteiger partial charge in [0, 0.05) is 22.7 Å². The lowest BCUT2D eigenvalue weighted by atomic mass is 9.79. The van der Waals surface area contributed by atoms with E-state index in [2.05, 4.69) is 38.3 Å². The minimum absolute atomic E-state index is 0.0209. The van der Waals surface area contributed by atoms with Gasteiger partial charge in [-0.25, -0.2) is 0 Å². The first-order chi connectivity index (χ1) is 12.7. The van der Waals surface area contributed by atoms with Crippen molar-refractivity contribution >= 4 is 11.9 Å². The van der Waals surface area contributed by atoms with E-state index in [-0.39, 0.29) is 22.9 Å². The van der Waals surface area contributed by atoms with Gasteiger partial charge in [-0.15, -0.1) is 0 Å². The molecule has 0 amide bonds. The van der Waals surface area contributed by atoms with Gasteiger partial charge in [0.2, 0.25) is 5.78 Å². The molecule has 27 heavy (non-hydrogen) atoms. The minimum Gasteiger partial charge on any atom is -0.379 e. The minimum atomic E-state index is 0.0209. The van der Waals surface area contributed by atoms with Crippen molar-refractivity contribution in [2.45, 2.75) is 57.7 Å². The Balaban J connectivity index is 1.91. The third-order valence-corrected chi connectivity index (χ3v) is 4.94. The first-order valence-corrected chi connectivity index (χ1v) is 9.67. The molecule has 0 aromatic heterocycles. The Morgan fingerprint density at radius 3 is 2.00 bits per heavy atom. The van der Waals surface area contributed by atoms with Crippen molar-refractivity contribution in [2.75, 3.05) is 0 Å². The van der Waals surface area contributed by atoms with E-state index in [4.69, 9.17) is 0 Å². The highest BCUT2D eigenvalue weighted by Crippen LogP contribution is 2.29. The van der Waals surface area contributed by atoms with Crippen molar-refractivity contribution in [1.29, 1.82) is 0 Å². The van der Waals surface area contributed by atoms with Crippen molar-refractivity contribution < 1.29 is 4.79 Å². The van der Waals surface area contributed by atoms with E-state index in [1.54, 1.807) is 0 Å². The number of carbonyl (C=O) groups excluding carboxylic acids is 1. The van der Waals surface area contributed by atoms with Crippen LogP contribution in [0, 0.1) is 0 Å². The number of carbonyl (C=O) groups is 1. The average Bonchev–Trinajstić information content (AvgIpc) is 2.59. The molecule has 0 saturated carbocycles. The lowest BCUT2D eigenvalue weighted by Crippen LogP contribution is -2.61. The van der Waals surface area contributed by atoms with Crippen LogP contribution < -0.4 is 10.6 Å². The fourth-order valence-electron chi connectivity index (χ4n) is 4.28. The number of piperidine rings is 1. The van der Waals surface area contributed by atoms with Gasteiger partial charge in [0.05, 0.1) is 5.70 Å². The monoisotopic (exact) mass is 362 g/mol. The van der Waals surface area contributed by atoms with Crippen LogP contribution in [0.1, 0.15) is 56.5 Å². The molecule has 2 aromatic carbocycles.